The maximum atomic E-state index is 12.8. The van der Waals surface area contributed by atoms with Gasteiger partial charge in [-0.05, 0) is 77.0 Å². The molecule has 338 valence electrons. The van der Waals surface area contributed by atoms with Crippen LogP contribution in [0.25, 0.3) is 0 Å². The summed E-state index contributed by atoms with van der Waals surface area (Å²) in [5.41, 5.74) is 0. The van der Waals surface area contributed by atoms with E-state index >= 15 is 0 Å². The van der Waals surface area contributed by atoms with Crippen LogP contribution in [0.4, 0.5) is 0 Å². The molecule has 1 atom stereocenters. The van der Waals surface area contributed by atoms with Gasteiger partial charge in [-0.1, -0.05) is 203 Å². The van der Waals surface area contributed by atoms with Gasteiger partial charge in [-0.2, -0.15) is 0 Å². The van der Waals surface area contributed by atoms with E-state index in [0.29, 0.717) is 19.3 Å². The monoisotopic (exact) mass is 823 g/mol. The lowest BCUT2D eigenvalue weighted by Gasteiger charge is -2.18. The Balaban J connectivity index is 4.48. The zero-order valence-electron chi connectivity index (χ0n) is 38.5. The Kier molecular flexibility index (Phi) is 45.0. The standard InChI is InChI=1S/C53H90O6/c1-4-7-10-13-16-19-22-25-26-29-31-34-37-40-43-46-52(55)58-49-50(59-53(56)47-44-41-38-35-32-28-24-21-18-15-12-9-6-3)48-57-51(54)45-42-39-36-33-30-27-23-20-17-14-11-8-5-2/h8,11,16-17,19-20,25-27,30,36,39,50H,4-7,9-10,12-15,18,21-24,28-29,31-35,37-38,40-49H2,1-3H3/b11-8-,19-16-,20-17-,26-25-,30-27-,39-36-/t50-/m0/s1. The van der Waals surface area contributed by atoms with Crippen molar-refractivity contribution in [1.29, 1.82) is 0 Å². The van der Waals surface area contributed by atoms with Gasteiger partial charge < -0.3 is 14.2 Å². The highest BCUT2D eigenvalue weighted by Crippen LogP contribution is 2.14. The number of hydrogen-bond acceptors (Lipinski definition) is 6. The van der Waals surface area contributed by atoms with E-state index in [1.807, 2.05) is 12.2 Å². The van der Waals surface area contributed by atoms with E-state index in [2.05, 4.69) is 81.5 Å². The highest BCUT2D eigenvalue weighted by molar-refractivity contribution is 5.71. The summed E-state index contributed by atoms with van der Waals surface area (Å²) >= 11 is 0. The Morgan fingerprint density at radius 3 is 1.17 bits per heavy atom. The molecular weight excluding hydrogens is 733 g/mol. The van der Waals surface area contributed by atoms with E-state index in [-0.39, 0.29) is 37.5 Å². The molecular formula is C53H90O6. The second-order valence-electron chi connectivity index (χ2n) is 16.0. The van der Waals surface area contributed by atoms with Crippen LogP contribution < -0.4 is 0 Å². The maximum absolute atomic E-state index is 12.8. The van der Waals surface area contributed by atoms with E-state index < -0.39 is 6.10 Å². The van der Waals surface area contributed by atoms with Gasteiger partial charge in [0.15, 0.2) is 6.10 Å². The number of allylic oxidation sites excluding steroid dienone is 12. The molecule has 0 unspecified atom stereocenters. The summed E-state index contributed by atoms with van der Waals surface area (Å²) in [5.74, 6) is -1.00. The highest BCUT2D eigenvalue weighted by atomic mass is 16.6. The highest BCUT2D eigenvalue weighted by Gasteiger charge is 2.19. The van der Waals surface area contributed by atoms with Crippen molar-refractivity contribution in [2.75, 3.05) is 13.2 Å². The van der Waals surface area contributed by atoms with Crippen molar-refractivity contribution in [3.63, 3.8) is 0 Å². The second-order valence-corrected chi connectivity index (χ2v) is 16.0. The number of carbonyl (C=O) groups excluding carboxylic acids is 3. The van der Waals surface area contributed by atoms with Crippen LogP contribution in [0, 0.1) is 0 Å². The zero-order valence-corrected chi connectivity index (χ0v) is 38.5. The molecule has 6 nitrogen and oxygen atoms in total. The van der Waals surface area contributed by atoms with Gasteiger partial charge >= 0.3 is 17.9 Å². The minimum Gasteiger partial charge on any atom is -0.462 e. The summed E-state index contributed by atoms with van der Waals surface area (Å²) in [7, 11) is 0. The molecule has 0 aromatic carbocycles. The molecule has 0 aliphatic heterocycles. The molecule has 0 aliphatic carbocycles. The Hall–Kier alpha value is -3.15. The van der Waals surface area contributed by atoms with E-state index in [1.165, 1.54) is 89.9 Å². The minimum atomic E-state index is -0.806. The van der Waals surface area contributed by atoms with Gasteiger partial charge in [0, 0.05) is 19.3 Å². The van der Waals surface area contributed by atoms with Crippen LogP contribution in [0.15, 0.2) is 72.9 Å². The molecule has 0 aromatic rings. The third-order valence-corrected chi connectivity index (χ3v) is 10.2. The normalized spacial score (nSPS) is 12.7. The smallest absolute Gasteiger partial charge is 0.306 e. The van der Waals surface area contributed by atoms with Crippen LogP contribution in [-0.4, -0.2) is 37.2 Å². The first-order chi connectivity index (χ1) is 29.0. The van der Waals surface area contributed by atoms with Gasteiger partial charge in [0.05, 0.1) is 0 Å². The summed E-state index contributed by atoms with van der Waals surface area (Å²) in [6, 6.07) is 0. The quantitative estimate of drug-likeness (QED) is 0.0264. The molecule has 0 aromatic heterocycles. The Bertz CT molecular complexity index is 1130. The molecule has 0 saturated heterocycles. The summed E-state index contributed by atoms with van der Waals surface area (Å²) in [6.45, 7) is 6.41. The summed E-state index contributed by atoms with van der Waals surface area (Å²) in [6.07, 6.45) is 58.9. The lowest BCUT2D eigenvalue weighted by atomic mass is 10.0. The molecule has 6 heteroatoms. The van der Waals surface area contributed by atoms with E-state index in [0.717, 1.165) is 89.9 Å². The van der Waals surface area contributed by atoms with Crippen LogP contribution in [0.1, 0.15) is 226 Å². The second kappa shape index (κ2) is 47.5. The first-order valence-electron chi connectivity index (χ1n) is 24.4. The van der Waals surface area contributed by atoms with Crippen LogP contribution in [0.2, 0.25) is 0 Å². The van der Waals surface area contributed by atoms with Crippen LogP contribution in [0.3, 0.4) is 0 Å². The average molecular weight is 823 g/mol. The Labute approximate surface area is 363 Å². The summed E-state index contributed by atoms with van der Waals surface area (Å²) in [5, 5.41) is 0. The van der Waals surface area contributed by atoms with Crippen LogP contribution in [0.5, 0.6) is 0 Å². The van der Waals surface area contributed by atoms with Crippen molar-refractivity contribution in [1.82, 2.24) is 0 Å². The van der Waals surface area contributed by atoms with Gasteiger partial charge in [-0.15, -0.1) is 0 Å². The largest absolute Gasteiger partial charge is 0.462 e. The predicted octanol–water partition coefficient (Wildman–Crippen LogP) is 15.9. The molecule has 0 bridgehead atoms. The van der Waals surface area contributed by atoms with E-state index in [9.17, 15) is 14.4 Å². The topological polar surface area (TPSA) is 78.9 Å². The molecule has 0 rings (SSSR count). The Morgan fingerprint density at radius 1 is 0.356 bits per heavy atom. The van der Waals surface area contributed by atoms with Gasteiger partial charge in [0.1, 0.15) is 13.2 Å². The van der Waals surface area contributed by atoms with E-state index in [1.54, 1.807) is 0 Å². The molecule has 0 amide bonds. The number of ether oxygens (including phenoxy) is 3. The van der Waals surface area contributed by atoms with Crippen LogP contribution in [-0.2, 0) is 28.6 Å². The fraction of sp³-hybridized carbons (Fsp3) is 0.717. The third kappa shape index (κ3) is 45.8. The predicted molar refractivity (Wildman–Crippen MR) is 251 cm³/mol. The molecule has 0 N–H and O–H groups in total. The fourth-order valence-electron chi connectivity index (χ4n) is 6.54. The van der Waals surface area contributed by atoms with Gasteiger partial charge in [-0.3, -0.25) is 14.4 Å². The number of hydrogen-bond donors (Lipinski definition) is 0. The Morgan fingerprint density at radius 2 is 0.695 bits per heavy atom. The lowest BCUT2D eigenvalue weighted by Crippen LogP contribution is -2.30. The van der Waals surface area contributed by atoms with Gasteiger partial charge in [-0.25, -0.2) is 0 Å². The summed E-state index contributed by atoms with van der Waals surface area (Å²) < 4.78 is 16.7. The van der Waals surface area contributed by atoms with Crippen molar-refractivity contribution < 1.29 is 28.6 Å². The average Bonchev–Trinajstić information content (AvgIpc) is 3.23. The van der Waals surface area contributed by atoms with Gasteiger partial charge in [0.2, 0.25) is 0 Å². The minimum absolute atomic E-state index is 0.104. The molecule has 0 heterocycles. The van der Waals surface area contributed by atoms with Gasteiger partial charge in [0.25, 0.3) is 0 Å². The number of esters is 3. The molecule has 0 fully saturated rings. The molecule has 0 radical (unpaired) electrons. The van der Waals surface area contributed by atoms with Crippen molar-refractivity contribution in [3.8, 4) is 0 Å². The maximum Gasteiger partial charge on any atom is 0.306 e. The zero-order chi connectivity index (χ0) is 43.0. The summed E-state index contributed by atoms with van der Waals surface area (Å²) in [4.78, 5) is 37.8. The third-order valence-electron chi connectivity index (χ3n) is 10.2. The first-order valence-corrected chi connectivity index (χ1v) is 24.4. The molecule has 0 aliphatic rings. The first kappa shape index (κ1) is 55.9. The van der Waals surface area contributed by atoms with Crippen LogP contribution >= 0.6 is 0 Å². The number of carbonyl (C=O) groups is 3. The molecule has 0 spiro atoms. The van der Waals surface area contributed by atoms with Crippen molar-refractivity contribution >= 4 is 17.9 Å². The molecule has 59 heavy (non-hydrogen) atoms. The SMILES string of the molecule is CC/C=C\C/C=C\C/C=C\C/C=C\CCC(=O)OC[C@@H](COC(=O)CCCCCCC/C=C\C/C=C\CCCCC)OC(=O)CCCCCCCCCCCCCCC. The number of unbranched alkanes of at least 4 members (excludes halogenated alkanes) is 20. The molecule has 0 saturated carbocycles. The van der Waals surface area contributed by atoms with Crippen molar-refractivity contribution in [2.45, 2.75) is 232 Å². The number of rotatable bonds is 43. The van der Waals surface area contributed by atoms with E-state index in [4.69, 9.17) is 14.2 Å². The van der Waals surface area contributed by atoms with Crippen molar-refractivity contribution in [3.05, 3.63) is 72.9 Å². The fourth-order valence-corrected chi connectivity index (χ4v) is 6.54. The van der Waals surface area contributed by atoms with Crippen molar-refractivity contribution in [2.24, 2.45) is 0 Å². The lowest BCUT2D eigenvalue weighted by molar-refractivity contribution is -0.166.